The zero-order valence-corrected chi connectivity index (χ0v) is 15.0. The molecule has 1 saturated heterocycles. The van der Waals surface area contributed by atoms with E-state index < -0.39 is 5.97 Å². The highest BCUT2D eigenvalue weighted by Gasteiger charge is 2.15. The molecule has 0 saturated carbocycles. The quantitative estimate of drug-likeness (QED) is 0.368. The lowest BCUT2D eigenvalue weighted by molar-refractivity contribution is -0.139. The number of hydrogen-bond donors (Lipinski definition) is 3. The van der Waals surface area contributed by atoms with Crippen molar-refractivity contribution < 1.29 is 19.4 Å². The van der Waals surface area contributed by atoms with E-state index in [1.807, 2.05) is 19.1 Å². The van der Waals surface area contributed by atoms with Crippen molar-refractivity contribution in [3.8, 4) is 5.75 Å². The van der Waals surface area contributed by atoms with Gasteiger partial charge in [-0.05, 0) is 61.3 Å². The van der Waals surface area contributed by atoms with Gasteiger partial charge in [-0.3, -0.25) is 5.43 Å². The third kappa shape index (κ3) is 6.67. The SMILES string of the molecule is CC/C(=N/NC(=S)NC[C@H]1CCCO1)c1ccc(OCC(=O)O)cc1. The fraction of sp³-hybridized carbons (Fsp3) is 0.471. The molecule has 1 heterocycles. The molecule has 0 bridgehead atoms. The van der Waals surface area contributed by atoms with Crippen LogP contribution in [0.15, 0.2) is 29.4 Å². The molecule has 1 aromatic rings. The molecule has 7 nitrogen and oxygen atoms in total. The van der Waals surface area contributed by atoms with Crippen LogP contribution in [0.5, 0.6) is 5.75 Å². The smallest absolute Gasteiger partial charge is 0.341 e. The summed E-state index contributed by atoms with van der Waals surface area (Å²) < 4.78 is 10.6. The molecule has 1 aliphatic rings. The van der Waals surface area contributed by atoms with Gasteiger partial charge in [-0.2, -0.15) is 5.10 Å². The molecule has 1 fully saturated rings. The van der Waals surface area contributed by atoms with Gasteiger partial charge < -0.3 is 19.9 Å². The molecule has 2 rings (SSSR count). The van der Waals surface area contributed by atoms with Crippen LogP contribution in [0.2, 0.25) is 0 Å². The summed E-state index contributed by atoms with van der Waals surface area (Å²) >= 11 is 5.22. The summed E-state index contributed by atoms with van der Waals surface area (Å²) in [5.74, 6) is -0.503. The number of nitrogens with zero attached hydrogens (tertiary/aromatic N) is 1. The van der Waals surface area contributed by atoms with Crippen molar-refractivity contribution >= 4 is 29.0 Å². The van der Waals surface area contributed by atoms with Crippen LogP contribution in [-0.4, -0.2) is 47.8 Å². The standard InChI is InChI=1S/C17H23N3O4S/c1-2-15(12-5-7-13(8-6-12)24-11-16(21)22)19-20-17(25)18-10-14-4-3-9-23-14/h5-8,14H,2-4,9-11H2,1H3,(H,21,22)(H2,18,20,25)/b19-15-/t14-/m1/s1. The summed E-state index contributed by atoms with van der Waals surface area (Å²) in [5.41, 5.74) is 4.61. The fourth-order valence-electron chi connectivity index (χ4n) is 2.41. The molecule has 8 heteroatoms. The lowest BCUT2D eigenvalue weighted by Gasteiger charge is -2.13. The summed E-state index contributed by atoms with van der Waals surface area (Å²) in [7, 11) is 0. The van der Waals surface area contributed by atoms with Gasteiger partial charge in [0, 0.05) is 13.2 Å². The second-order valence-electron chi connectivity index (χ2n) is 5.58. The molecular weight excluding hydrogens is 342 g/mol. The second kappa shape index (κ2) is 9.95. The summed E-state index contributed by atoms with van der Waals surface area (Å²) in [4.78, 5) is 10.5. The first-order valence-electron chi connectivity index (χ1n) is 8.25. The molecule has 3 N–H and O–H groups in total. The van der Waals surface area contributed by atoms with Crippen molar-refractivity contribution in [2.75, 3.05) is 19.8 Å². The molecule has 0 spiro atoms. The van der Waals surface area contributed by atoms with Crippen LogP contribution in [-0.2, 0) is 9.53 Å². The number of benzene rings is 1. The first-order chi connectivity index (χ1) is 12.1. The third-order valence-electron chi connectivity index (χ3n) is 3.69. The average molecular weight is 365 g/mol. The Morgan fingerprint density at radius 2 is 2.20 bits per heavy atom. The Kier molecular flexibility index (Phi) is 7.62. The normalized spacial score (nSPS) is 17.2. The highest BCUT2D eigenvalue weighted by molar-refractivity contribution is 7.80. The van der Waals surface area contributed by atoms with E-state index in [0.717, 1.165) is 37.1 Å². The second-order valence-corrected chi connectivity index (χ2v) is 5.98. The minimum Gasteiger partial charge on any atom is -0.482 e. The van der Waals surface area contributed by atoms with E-state index in [0.29, 0.717) is 17.4 Å². The maximum atomic E-state index is 10.5. The van der Waals surface area contributed by atoms with E-state index in [2.05, 4.69) is 15.8 Å². The number of hydrogen-bond acceptors (Lipinski definition) is 5. The first kappa shape index (κ1) is 19.1. The van der Waals surface area contributed by atoms with Crippen molar-refractivity contribution in [1.82, 2.24) is 10.7 Å². The van der Waals surface area contributed by atoms with Crippen molar-refractivity contribution in [2.24, 2.45) is 5.10 Å². The Balaban J connectivity index is 1.85. The van der Waals surface area contributed by atoms with Crippen LogP contribution in [0.1, 0.15) is 31.7 Å². The monoisotopic (exact) mass is 365 g/mol. The maximum Gasteiger partial charge on any atom is 0.341 e. The Morgan fingerprint density at radius 1 is 1.44 bits per heavy atom. The molecule has 1 atom stereocenters. The predicted octanol–water partition coefficient (Wildman–Crippen LogP) is 1.91. The largest absolute Gasteiger partial charge is 0.482 e. The van der Waals surface area contributed by atoms with Crippen molar-refractivity contribution in [3.05, 3.63) is 29.8 Å². The lowest BCUT2D eigenvalue weighted by Crippen LogP contribution is -2.37. The van der Waals surface area contributed by atoms with Gasteiger partial charge in [-0.15, -0.1) is 0 Å². The molecule has 1 aromatic carbocycles. The van der Waals surface area contributed by atoms with Crippen LogP contribution in [0, 0.1) is 0 Å². The Bertz CT molecular complexity index is 613. The van der Waals surface area contributed by atoms with Crippen molar-refractivity contribution in [2.45, 2.75) is 32.3 Å². The Labute approximate surface area is 152 Å². The summed E-state index contributed by atoms with van der Waals surface area (Å²) in [6, 6.07) is 7.11. The van der Waals surface area contributed by atoms with E-state index in [9.17, 15) is 4.79 Å². The minimum absolute atomic E-state index is 0.215. The average Bonchev–Trinajstić information content (AvgIpc) is 3.13. The van der Waals surface area contributed by atoms with Crippen LogP contribution in [0.25, 0.3) is 0 Å². The van der Waals surface area contributed by atoms with Crippen molar-refractivity contribution in [3.63, 3.8) is 0 Å². The molecule has 0 aliphatic carbocycles. The van der Waals surface area contributed by atoms with Crippen LogP contribution in [0.4, 0.5) is 0 Å². The highest BCUT2D eigenvalue weighted by atomic mass is 32.1. The van der Waals surface area contributed by atoms with Gasteiger partial charge in [0.1, 0.15) is 5.75 Å². The van der Waals surface area contributed by atoms with E-state index in [-0.39, 0.29) is 12.7 Å². The van der Waals surface area contributed by atoms with Crippen molar-refractivity contribution in [1.29, 1.82) is 0 Å². The zero-order chi connectivity index (χ0) is 18.1. The predicted molar refractivity (Wildman–Crippen MR) is 99.1 cm³/mol. The number of hydrazone groups is 1. The van der Waals surface area contributed by atoms with Gasteiger partial charge in [-0.1, -0.05) is 6.92 Å². The molecule has 25 heavy (non-hydrogen) atoms. The molecule has 0 unspecified atom stereocenters. The molecule has 0 radical (unpaired) electrons. The van der Waals surface area contributed by atoms with Gasteiger partial charge in [0.25, 0.3) is 0 Å². The number of nitrogens with one attached hydrogen (secondary N) is 2. The van der Waals surface area contributed by atoms with Gasteiger partial charge in [0.2, 0.25) is 0 Å². The number of carbonyl (C=O) groups is 1. The number of carboxylic acids is 1. The van der Waals surface area contributed by atoms with E-state index in [1.54, 1.807) is 12.1 Å². The number of thiocarbonyl (C=S) groups is 1. The summed E-state index contributed by atoms with van der Waals surface area (Å²) in [6.07, 6.45) is 3.08. The fourth-order valence-corrected chi connectivity index (χ4v) is 2.53. The molecule has 136 valence electrons. The molecule has 0 amide bonds. The van der Waals surface area contributed by atoms with Crippen LogP contribution < -0.4 is 15.5 Å². The summed E-state index contributed by atoms with van der Waals surface area (Å²) in [5, 5.41) is 16.5. The Hall–Kier alpha value is -2.19. The lowest BCUT2D eigenvalue weighted by atomic mass is 10.1. The van der Waals surface area contributed by atoms with Gasteiger partial charge in [0.15, 0.2) is 11.7 Å². The van der Waals surface area contributed by atoms with Crippen LogP contribution in [0.3, 0.4) is 0 Å². The van der Waals surface area contributed by atoms with Crippen LogP contribution >= 0.6 is 12.2 Å². The topological polar surface area (TPSA) is 92.2 Å². The van der Waals surface area contributed by atoms with Gasteiger partial charge >= 0.3 is 5.97 Å². The number of aliphatic carboxylic acids is 1. The minimum atomic E-state index is -1.01. The molecule has 1 aliphatic heterocycles. The first-order valence-corrected chi connectivity index (χ1v) is 8.66. The van der Waals surface area contributed by atoms with E-state index in [4.69, 9.17) is 26.8 Å². The zero-order valence-electron chi connectivity index (χ0n) is 14.2. The van der Waals surface area contributed by atoms with Gasteiger partial charge in [-0.25, -0.2) is 4.79 Å². The number of ether oxygens (including phenoxy) is 2. The maximum absolute atomic E-state index is 10.5. The third-order valence-corrected chi connectivity index (χ3v) is 3.93. The number of rotatable bonds is 8. The van der Waals surface area contributed by atoms with E-state index in [1.165, 1.54) is 0 Å². The Morgan fingerprint density at radius 3 is 2.80 bits per heavy atom. The highest BCUT2D eigenvalue weighted by Crippen LogP contribution is 2.14. The molecular formula is C17H23N3O4S. The number of carboxylic acid groups (broad SMARTS) is 1. The van der Waals surface area contributed by atoms with E-state index >= 15 is 0 Å². The summed E-state index contributed by atoms with van der Waals surface area (Å²) in [6.45, 7) is 3.13. The molecule has 0 aromatic heterocycles. The van der Waals surface area contributed by atoms with Gasteiger partial charge in [0.05, 0.1) is 11.8 Å².